The topological polar surface area (TPSA) is 53.0 Å². The lowest BCUT2D eigenvalue weighted by molar-refractivity contribution is -0.114. The minimum absolute atomic E-state index is 0.0159. The van der Waals surface area contributed by atoms with Gasteiger partial charge in [-0.05, 0) is 31.0 Å². The highest BCUT2D eigenvalue weighted by atomic mass is 16.1. The predicted molar refractivity (Wildman–Crippen MR) is 81.0 cm³/mol. The van der Waals surface area contributed by atoms with Crippen LogP contribution in [0.25, 0.3) is 0 Å². The molecule has 102 valence electrons. The molecule has 0 aliphatic rings. The van der Waals surface area contributed by atoms with Crippen LogP contribution in [0.5, 0.6) is 0 Å². The summed E-state index contributed by atoms with van der Waals surface area (Å²) in [5, 5.41) is 10.8. The van der Waals surface area contributed by atoms with Gasteiger partial charge in [-0.25, -0.2) is 0 Å². The van der Waals surface area contributed by atoms with Crippen LogP contribution in [0.2, 0.25) is 0 Å². The lowest BCUT2D eigenvalue weighted by atomic mass is 10.0. The van der Waals surface area contributed by atoms with Crippen LogP contribution in [-0.4, -0.2) is 11.6 Å². The van der Waals surface area contributed by atoms with E-state index in [0.29, 0.717) is 12.1 Å². The van der Waals surface area contributed by atoms with Crippen molar-refractivity contribution in [3.63, 3.8) is 0 Å². The van der Waals surface area contributed by atoms with Crippen LogP contribution in [-0.2, 0) is 11.3 Å². The number of nitrogens with one attached hydrogen (secondary N) is 2. The van der Waals surface area contributed by atoms with E-state index < -0.39 is 0 Å². The van der Waals surface area contributed by atoms with Gasteiger partial charge in [-0.3, -0.25) is 10.2 Å². The zero-order valence-electron chi connectivity index (χ0n) is 11.7. The van der Waals surface area contributed by atoms with Crippen molar-refractivity contribution in [2.24, 2.45) is 0 Å². The van der Waals surface area contributed by atoms with Crippen molar-refractivity contribution in [1.82, 2.24) is 5.32 Å². The van der Waals surface area contributed by atoms with Crippen LogP contribution in [0.3, 0.4) is 0 Å². The average molecular weight is 266 g/mol. The molecule has 0 aliphatic heterocycles. The Labute approximate surface area is 119 Å². The van der Waals surface area contributed by atoms with E-state index in [1.165, 1.54) is 0 Å². The summed E-state index contributed by atoms with van der Waals surface area (Å²) in [6, 6.07) is 15.5. The first-order valence-electron chi connectivity index (χ1n) is 6.56. The standard InChI is InChI=1S/C17H18N2O/c1-12-8-9-13(2)15(10-12)16(18)17(20)19-11-14-6-4-3-5-7-14/h3-10,18H,11H2,1-2H3,(H,19,20). The Hall–Kier alpha value is -2.42. The summed E-state index contributed by atoms with van der Waals surface area (Å²) in [5.74, 6) is -0.345. The second-order valence-electron chi connectivity index (χ2n) is 4.86. The van der Waals surface area contributed by atoms with Crippen LogP contribution in [0.15, 0.2) is 48.5 Å². The minimum Gasteiger partial charge on any atom is -0.347 e. The van der Waals surface area contributed by atoms with E-state index in [4.69, 9.17) is 5.41 Å². The van der Waals surface area contributed by atoms with E-state index in [-0.39, 0.29) is 11.6 Å². The third kappa shape index (κ3) is 3.32. The molecule has 3 heteroatoms. The SMILES string of the molecule is Cc1ccc(C)c(C(=N)C(=O)NCc2ccccc2)c1. The molecule has 0 aliphatic carbocycles. The molecule has 0 saturated carbocycles. The molecule has 0 atom stereocenters. The number of carbonyl (C=O) groups excluding carboxylic acids is 1. The van der Waals surface area contributed by atoms with Crippen LogP contribution in [0, 0.1) is 19.3 Å². The number of hydrogen-bond acceptors (Lipinski definition) is 2. The van der Waals surface area contributed by atoms with Crippen molar-refractivity contribution in [3.05, 3.63) is 70.8 Å². The molecule has 2 N–H and O–H groups in total. The van der Waals surface area contributed by atoms with E-state index >= 15 is 0 Å². The van der Waals surface area contributed by atoms with E-state index in [2.05, 4.69) is 5.32 Å². The molecule has 0 bridgehead atoms. The Bertz CT molecular complexity index is 633. The van der Waals surface area contributed by atoms with Crippen LogP contribution < -0.4 is 5.32 Å². The molecule has 20 heavy (non-hydrogen) atoms. The van der Waals surface area contributed by atoms with Gasteiger partial charge in [0.25, 0.3) is 5.91 Å². The molecule has 2 aromatic carbocycles. The first-order valence-corrected chi connectivity index (χ1v) is 6.56. The third-order valence-electron chi connectivity index (χ3n) is 3.19. The van der Waals surface area contributed by atoms with Crippen molar-refractivity contribution in [2.75, 3.05) is 0 Å². The number of aryl methyl sites for hydroxylation is 2. The molecule has 2 aromatic rings. The fourth-order valence-corrected chi connectivity index (χ4v) is 1.99. The summed E-state index contributed by atoms with van der Waals surface area (Å²) in [7, 11) is 0. The number of hydrogen-bond donors (Lipinski definition) is 2. The summed E-state index contributed by atoms with van der Waals surface area (Å²) < 4.78 is 0. The maximum absolute atomic E-state index is 12.0. The first-order chi connectivity index (χ1) is 9.58. The van der Waals surface area contributed by atoms with E-state index in [9.17, 15) is 4.79 Å². The highest BCUT2D eigenvalue weighted by Crippen LogP contribution is 2.11. The van der Waals surface area contributed by atoms with Gasteiger partial charge in [0.05, 0.1) is 0 Å². The predicted octanol–water partition coefficient (Wildman–Crippen LogP) is 2.99. The van der Waals surface area contributed by atoms with Gasteiger partial charge in [-0.2, -0.15) is 0 Å². The minimum atomic E-state index is -0.345. The Balaban J connectivity index is 2.06. The summed E-state index contributed by atoms with van der Waals surface area (Å²) in [4.78, 5) is 12.0. The van der Waals surface area contributed by atoms with Gasteiger partial charge >= 0.3 is 0 Å². The largest absolute Gasteiger partial charge is 0.347 e. The highest BCUT2D eigenvalue weighted by molar-refractivity contribution is 6.44. The van der Waals surface area contributed by atoms with Gasteiger partial charge < -0.3 is 5.32 Å². The van der Waals surface area contributed by atoms with E-state index in [0.717, 1.165) is 16.7 Å². The van der Waals surface area contributed by atoms with Crippen molar-refractivity contribution in [1.29, 1.82) is 5.41 Å². The normalized spacial score (nSPS) is 10.1. The molecule has 3 nitrogen and oxygen atoms in total. The number of benzene rings is 2. The van der Waals surface area contributed by atoms with Crippen molar-refractivity contribution in [3.8, 4) is 0 Å². The van der Waals surface area contributed by atoms with Crippen LogP contribution >= 0.6 is 0 Å². The molecular formula is C17H18N2O. The van der Waals surface area contributed by atoms with Gasteiger partial charge in [-0.1, -0.05) is 48.0 Å². The Morgan fingerprint density at radius 3 is 2.50 bits per heavy atom. The third-order valence-corrected chi connectivity index (χ3v) is 3.19. The molecular weight excluding hydrogens is 248 g/mol. The van der Waals surface area contributed by atoms with Gasteiger partial charge in [-0.15, -0.1) is 0 Å². The lowest BCUT2D eigenvalue weighted by Crippen LogP contribution is -2.31. The maximum atomic E-state index is 12.0. The first kappa shape index (κ1) is 14.0. The Morgan fingerprint density at radius 1 is 1.10 bits per heavy atom. The zero-order valence-corrected chi connectivity index (χ0v) is 11.7. The molecule has 0 heterocycles. The Kier molecular flexibility index (Phi) is 4.31. The fraction of sp³-hybridized carbons (Fsp3) is 0.176. The van der Waals surface area contributed by atoms with Crippen molar-refractivity contribution < 1.29 is 4.79 Å². The maximum Gasteiger partial charge on any atom is 0.270 e. The highest BCUT2D eigenvalue weighted by Gasteiger charge is 2.13. The number of carbonyl (C=O) groups is 1. The molecule has 0 radical (unpaired) electrons. The quantitative estimate of drug-likeness (QED) is 0.821. The molecule has 1 amide bonds. The Morgan fingerprint density at radius 2 is 1.80 bits per heavy atom. The molecule has 2 rings (SSSR count). The summed E-state index contributed by atoms with van der Waals surface area (Å²) in [5.41, 5.74) is 3.72. The molecule has 0 spiro atoms. The zero-order chi connectivity index (χ0) is 14.5. The second kappa shape index (κ2) is 6.15. The van der Waals surface area contributed by atoms with Gasteiger partial charge in [0.2, 0.25) is 0 Å². The van der Waals surface area contributed by atoms with Crippen LogP contribution in [0.4, 0.5) is 0 Å². The van der Waals surface area contributed by atoms with Crippen molar-refractivity contribution in [2.45, 2.75) is 20.4 Å². The molecule has 0 fully saturated rings. The summed E-state index contributed by atoms with van der Waals surface area (Å²) in [6.07, 6.45) is 0. The number of amides is 1. The monoisotopic (exact) mass is 266 g/mol. The van der Waals surface area contributed by atoms with Gasteiger partial charge in [0.15, 0.2) is 0 Å². The molecule has 0 aromatic heterocycles. The van der Waals surface area contributed by atoms with E-state index in [1.54, 1.807) is 0 Å². The summed E-state index contributed by atoms with van der Waals surface area (Å²) >= 11 is 0. The van der Waals surface area contributed by atoms with Crippen molar-refractivity contribution >= 4 is 11.6 Å². The number of rotatable bonds is 4. The lowest BCUT2D eigenvalue weighted by Gasteiger charge is -2.09. The molecule has 0 unspecified atom stereocenters. The summed E-state index contributed by atoms with van der Waals surface area (Å²) in [6.45, 7) is 4.30. The van der Waals surface area contributed by atoms with E-state index in [1.807, 2.05) is 62.4 Å². The van der Waals surface area contributed by atoms with Gasteiger partial charge in [0.1, 0.15) is 5.71 Å². The van der Waals surface area contributed by atoms with Crippen LogP contribution in [0.1, 0.15) is 22.3 Å². The average Bonchev–Trinajstić information content (AvgIpc) is 2.47. The fourth-order valence-electron chi connectivity index (χ4n) is 1.99. The smallest absolute Gasteiger partial charge is 0.270 e. The second-order valence-corrected chi connectivity index (χ2v) is 4.86. The van der Waals surface area contributed by atoms with Gasteiger partial charge in [0, 0.05) is 12.1 Å². The molecule has 0 saturated heterocycles.